The molecule has 0 fully saturated rings. The number of aromatic nitrogens is 2. The van der Waals surface area contributed by atoms with Crippen LogP contribution in [0.15, 0.2) is 30.3 Å². The summed E-state index contributed by atoms with van der Waals surface area (Å²) >= 11 is 5.86. The van der Waals surface area contributed by atoms with Gasteiger partial charge in [-0.1, -0.05) is 11.6 Å². The predicted octanol–water partition coefficient (Wildman–Crippen LogP) is 2.71. The molecule has 5 nitrogen and oxygen atoms in total. The third-order valence-electron chi connectivity index (χ3n) is 2.07. The molecule has 0 aliphatic rings. The van der Waals surface area contributed by atoms with E-state index in [9.17, 15) is 9.18 Å². The maximum absolute atomic E-state index is 13.0. The molecule has 0 bridgehead atoms. The Hall–Kier alpha value is -2.21. The summed E-state index contributed by atoms with van der Waals surface area (Å²) in [6, 6.07) is 6.53. The standard InChI is InChI=1S/C11H7ClFN3O2/c12-7-2-1-6(13)5-9(7)14-10-4-3-8(11(17)18)15-16-10/h1-5H,(H,14,16)(H,17,18). The van der Waals surface area contributed by atoms with Gasteiger partial charge in [-0.25, -0.2) is 9.18 Å². The van der Waals surface area contributed by atoms with E-state index in [4.69, 9.17) is 16.7 Å². The first kappa shape index (κ1) is 12.3. The van der Waals surface area contributed by atoms with Gasteiger partial charge >= 0.3 is 5.97 Å². The minimum absolute atomic E-state index is 0.175. The fourth-order valence-corrected chi connectivity index (χ4v) is 1.41. The van der Waals surface area contributed by atoms with Gasteiger partial charge in [0, 0.05) is 0 Å². The molecule has 0 atom stereocenters. The first-order valence-corrected chi connectivity index (χ1v) is 5.23. The lowest BCUT2D eigenvalue weighted by atomic mass is 10.3. The number of nitrogens with one attached hydrogen (secondary N) is 1. The molecular weight excluding hydrogens is 261 g/mol. The van der Waals surface area contributed by atoms with Crippen LogP contribution in [0, 0.1) is 5.82 Å². The highest BCUT2D eigenvalue weighted by molar-refractivity contribution is 6.33. The van der Waals surface area contributed by atoms with Gasteiger partial charge in [-0.15, -0.1) is 10.2 Å². The van der Waals surface area contributed by atoms with Crippen molar-refractivity contribution in [3.05, 3.63) is 46.9 Å². The Morgan fingerprint density at radius 3 is 2.67 bits per heavy atom. The van der Waals surface area contributed by atoms with E-state index in [1.165, 1.54) is 30.3 Å². The Morgan fingerprint density at radius 2 is 2.06 bits per heavy atom. The van der Waals surface area contributed by atoms with Crippen LogP contribution in [-0.4, -0.2) is 21.3 Å². The normalized spacial score (nSPS) is 10.1. The molecule has 18 heavy (non-hydrogen) atoms. The van der Waals surface area contributed by atoms with E-state index in [0.717, 1.165) is 0 Å². The number of hydrogen-bond acceptors (Lipinski definition) is 4. The van der Waals surface area contributed by atoms with Crippen LogP contribution in [-0.2, 0) is 0 Å². The number of halogens is 2. The average molecular weight is 268 g/mol. The first-order valence-electron chi connectivity index (χ1n) is 4.85. The average Bonchev–Trinajstić information content (AvgIpc) is 2.34. The third kappa shape index (κ3) is 2.72. The van der Waals surface area contributed by atoms with Crippen LogP contribution in [0.2, 0.25) is 5.02 Å². The van der Waals surface area contributed by atoms with Crippen molar-refractivity contribution in [2.75, 3.05) is 5.32 Å². The van der Waals surface area contributed by atoms with Crippen LogP contribution in [0.3, 0.4) is 0 Å². The van der Waals surface area contributed by atoms with E-state index in [1.807, 2.05) is 0 Å². The van der Waals surface area contributed by atoms with Crippen molar-refractivity contribution in [3.63, 3.8) is 0 Å². The molecule has 7 heteroatoms. The van der Waals surface area contributed by atoms with Crippen molar-refractivity contribution in [1.82, 2.24) is 10.2 Å². The second-order valence-electron chi connectivity index (χ2n) is 3.36. The number of aromatic carboxylic acids is 1. The van der Waals surface area contributed by atoms with Crippen molar-refractivity contribution >= 4 is 29.1 Å². The zero-order valence-electron chi connectivity index (χ0n) is 8.89. The number of anilines is 2. The fourth-order valence-electron chi connectivity index (χ4n) is 1.24. The van der Waals surface area contributed by atoms with Crippen molar-refractivity contribution < 1.29 is 14.3 Å². The van der Waals surface area contributed by atoms with Gasteiger partial charge < -0.3 is 10.4 Å². The van der Waals surface area contributed by atoms with Crippen molar-refractivity contribution in [2.24, 2.45) is 0 Å². The van der Waals surface area contributed by atoms with Gasteiger partial charge in [0.2, 0.25) is 0 Å². The largest absolute Gasteiger partial charge is 0.476 e. The van der Waals surface area contributed by atoms with Gasteiger partial charge in [0.05, 0.1) is 10.7 Å². The highest BCUT2D eigenvalue weighted by atomic mass is 35.5. The Bertz CT molecular complexity index is 589. The summed E-state index contributed by atoms with van der Waals surface area (Å²) in [6.45, 7) is 0. The van der Waals surface area contributed by atoms with E-state index >= 15 is 0 Å². The molecule has 1 aromatic heterocycles. The number of hydrogen-bond donors (Lipinski definition) is 2. The minimum atomic E-state index is -1.17. The van der Waals surface area contributed by atoms with Crippen LogP contribution in [0.4, 0.5) is 15.9 Å². The lowest BCUT2D eigenvalue weighted by Gasteiger charge is -2.06. The maximum atomic E-state index is 13.0. The first-order chi connectivity index (χ1) is 8.56. The smallest absolute Gasteiger partial charge is 0.356 e. The predicted molar refractivity (Wildman–Crippen MR) is 63.7 cm³/mol. The molecule has 92 valence electrons. The summed E-state index contributed by atoms with van der Waals surface area (Å²) in [7, 11) is 0. The van der Waals surface area contributed by atoms with Crippen LogP contribution < -0.4 is 5.32 Å². The topological polar surface area (TPSA) is 75.1 Å². The van der Waals surface area contributed by atoms with Crippen LogP contribution in [0.5, 0.6) is 0 Å². The second-order valence-corrected chi connectivity index (χ2v) is 3.77. The quantitative estimate of drug-likeness (QED) is 0.894. The summed E-state index contributed by atoms with van der Waals surface area (Å²) < 4.78 is 13.0. The Kier molecular flexibility index (Phi) is 3.38. The van der Waals surface area contributed by atoms with E-state index in [-0.39, 0.29) is 11.5 Å². The molecule has 1 heterocycles. The number of rotatable bonds is 3. The maximum Gasteiger partial charge on any atom is 0.356 e. The van der Waals surface area contributed by atoms with Crippen LogP contribution in [0.25, 0.3) is 0 Å². The molecule has 0 saturated carbocycles. The van der Waals surface area contributed by atoms with Crippen molar-refractivity contribution in [3.8, 4) is 0 Å². The highest BCUT2D eigenvalue weighted by Crippen LogP contribution is 2.25. The Morgan fingerprint density at radius 1 is 1.28 bits per heavy atom. The van der Waals surface area contributed by atoms with Gasteiger partial charge in [0.1, 0.15) is 5.82 Å². The summed E-state index contributed by atoms with van der Waals surface area (Å²) in [4.78, 5) is 10.6. The zero-order valence-corrected chi connectivity index (χ0v) is 9.65. The van der Waals surface area contributed by atoms with Gasteiger partial charge in [0.15, 0.2) is 11.5 Å². The van der Waals surface area contributed by atoms with Crippen LogP contribution >= 0.6 is 11.6 Å². The van der Waals surface area contributed by atoms with E-state index < -0.39 is 11.8 Å². The molecule has 2 N–H and O–H groups in total. The van der Waals surface area contributed by atoms with Gasteiger partial charge in [0.25, 0.3) is 0 Å². The van der Waals surface area contributed by atoms with Gasteiger partial charge in [-0.2, -0.15) is 0 Å². The monoisotopic (exact) mass is 267 g/mol. The van der Waals surface area contributed by atoms with Crippen molar-refractivity contribution in [2.45, 2.75) is 0 Å². The van der Waals surface area contributed by atoms with E-state index in [0.29, 0.717) is 10.7 Å². The number of carboxylic acid groups (broad SMARTS) is 1. The number of nitrogens with zero attached hydrogens (tertiary/aromatic N) is 2. The Balaban J connectivity index is 2.23. The van der Waals surface area contributed by atoms with Gasteiger partial charge in [-0.3, -0.25) is 0 Å². The zero-order chi connectivity index (χ0) is 13.1. The molecule has 0 aliphatic carbocycles. The Labute approximate surface area is 106 Å². The number of benzene rings is 1. The lowest BCUT2D eigenvalue weighted by molar-refractivity contribution is 0.0689. The number of carbonyl (C=O) groups is 1. The molecule has 2 aromatic rings. The molecule has 0 spiro atoms. The molecule has 1 aromatic carbocycles. The van der Waals surface area contributed by atoms with Crippen molar-refractivity contribution in [1.29, 1.82) is 0 Å². The molecule has 0 aliphatic heterocycles. The van der Waals surface area contributed by atoms with E-state index in [1.54, 1.807) is 0 Å². The molecule has 0 unspecified atom stereocenters. The van der Waals surface area contributed by atoms with Gasteiger partial charge in [-0.05, 0) is 30.3 Å². The number of carboxylic acids is 1. The highest BCUT2D eigenvalue weighted by Gasteiger charge is 2.07. The molecule has 2 rings (SSSR count). The van der Waals surface area contributed by atoms with Crippen LogP contribution in [0.1, 0.15) is 10.5 Å². The lowest BCUT2D eigenvalue weighted by Crippen LogP contribution is -2.03. The molecule has 0 radical (unpaired) electrons. The SMILES string of the molecule is O=C(O)c1ccc(Nc2cc(F)ccc2Cl)nn1. The minimum Gasteiger partial charge on any atom is -0.476 e. The third-order valence-corrected chi connectivity index (χ3v) is 2.40. The molecule has 0 amide bonds. The summed E-state index contributed by atoms with van der Waals surface area (Å²) in [5, 5.41) is 18.8. The summed E-state index contributed by atoms with van der Waals surface area (Å²) in [5.74, 6) is -1.35. The fraction of sp³-hybridized carbons (Fsp3) is 0. The second kappa shape index (κ2) is 4.97. The molecule has 0 saturated heterocycles. The molecular formula is C11H7ClFN3O2. The summed E-state index contributed by atoms with van der Waals surface area (Å²) in [5.41, 5.74) is 0.153. The summed E-state index contributed by atoms with van der Waals surface area (Å²) in [6.07, 6.45) is 0. The van der Waals surface area contributed by atoms with E-state index in [2.05, 4.69) is 15.5 Å².